The number of amides is 1. The quantitative estimate of drug-likeness (QED) is 0.299. The maximum atomic E-state index is 14.1. The molecular weight excluding hydrogens is 530 g/mol. The molecular formula is C29H28F2N8O2. The summed E-state index contributed by atoms with van der Waals surface area (Å²) in [6.07, 6.45) is 10.8. The van der Waals surface area contributed by atoms with Crippen LogP contribution in [0.4, 0.5) is 20.4 Å². The van der Waals surface area contributed by atoms with Crippen LogP contribution >= 0.6 is 0 Å². The fraction of sp³-hybridized carbons (Fsp3) is 0.310. The highest BCUT2D eigenvalue weighted by Gasteiger charge is 2.28. The Kier molecular flexibility index (Phi) is 8.43. The lowest BCUT2D eigenvalue weighted by Gasteiger charge is -2.33. The Bertz CT molecular complexity index is 1550. The maximum Gasteiger partial charge on any atom is 0.256 e. The minimum absolute atomic E-state index is 0.129. The van der Waals surface area contributed by atoms with E-state index >= 15 is 0 Å². The summed E-state index contributed by atoms with van der Waals surface area (Å²) in [4.78, 5) is 27.4. The fourth-order valence-corrected chi connectivity index (χ4v) is 4.99. The SMILES string of the molecule is COc1cnc(Nc2cccnc2)nc1-c1cnn(C(CC#N)CC2CCN(C(=O)c3ccc(F)cc3F)CC2)c1. The molecule has 10 nitrogen and oxygen atoms in total. The largest absolute Gasteiger partial charge is 0.493 e. The van der Waals surface area contributed by atoms with Crippen molar-refractivity contribution in [1.29, 1.82) is 5.26 Å². The third-order valence-electron chi connectivity index (χ3n) is 7.14. The number of halogens is 2. The molecule has 3 aromatic heterocycles. The molecule has 4 heterocycles. The van der Waals surface area contributed by atoms with Crippen molar-refractivity contribution in [2.45, 2.75) is 31.7 Å². The maximum absolute atomic E-state index is 14.1. The number of nitrogens with one attached hydrogen (secondary N) is 1. The summed E-state index contributed by atoms with van der Waals surface area (Å²) in [5.41, 5.74) is 1.87. The van der Waals surface area contributed by atoms with E-state index in [1.165, 1.54) is 6.07 Å². The van der Waals surface area contributed by atoms with Crippen LogP contribution in [-0.2, 0) is 0 Å². The summed E-state index contributed by atoms with van der Waals surface area (Å²) in [6.45, 7) is 0.906. The van der Waals surface area contributed by atoms with Gasteiger partial charge in [-0.2, -0.15) is 10.4 Å². The van der Waals surface area contributed by atoms with Gasteiger partial charge in [-0.15, -0.1) is 0 Å². The number of likely N-dealkylation sites (tertiary alicyclic amines) is 1. The van der Waals surface area contributed by atoms with E-state index < -0.39 is 17.5 Å². The zero-order valence-electron chi connectivity index (χ0n) is 22.4. The molecule has 1 fully saturated rings. The lowest BCUT2D eigenvalue weighted by atomic mass is 9.89. The second kappa shape index (κ2) is 12.5. The Hall–Kier alpha value is -4.92. The van der Waals surface area contributed by atoms with Gasteiger partial charge in [0.25, 0.3) is 5.91 Å². The highest BCUT2D eigenvalue weighted by Crippen LogP contribution is 2.32. The molecule has 0 saturated carbocycles. The summed E-state index contributed by atoms with van der Waals surface area (Å²) in [5, 5.41) is 17.2. The number of pyridine rings is 1. The zero-order valence-corrected chi connectivity index (χ0v) is 22.4. The van der Waals surface area contributed by atoms with Crippen LogP contribution in [0.1, 0.15) is 42.1 Å². The van der Waals surface area contributed by atoms with E-state index in [0.717, 1.165) is 17.8 Å². The summed E-state index contributed by atoms with van der Waals surface area (Å²) in [6, 6.07) is 8.72. The number of piperidine rings is 1. The number of ether oxygens (including phenoxy) is 1. The van der Waals surface area contributed by atoms with Crippen molar-refractivity contribution < 1.29 is 18.3 Å². The fourth-order valence-electron chi connectivity index (χ4n) is 4.99. The van der Waals surface area contributed by atoms with E-state index in [9.17, 15) is 18.8 Å². The normalized spacial score (nSPS) is 14.3. The average Bonchev–Trinajstić information content (AvgIpc) is 3.48. The molecule has 5 rings (SSSR count). The Morgan fingerprint density at radius 2 is 2.05 bits per heavy atom. The van der Waals surface area contributed by atoms with Gasteiger partial charge in [0.1, 0.15) is 17.3 Å². The number of anilines is 2. The van der Waals surface area contributed by atoms with E-state index in [-0.39, 0.29) is 23.9 Å². The average molecular weight is 559 g/mol. The van der Waals surface area contributed by atoms with Gasteiger partial charge in [0.05, 0.1) is 55.5 Å². The topological polar surface area (TPSA) is 122 Å². The minimum Gasteiger partial charge on any atom is -0.493 e. The lowest BCUT2D eigenvalue weighted by molar-refractivity contribution is 0.0674. The second-order valence-electron chi connectivity index (χ2n) is 9.80. The molecule has 1 unspecified atom stereocenters. The van der Waals surface area contributed by atoms with Gasteiger partial charge in [-0.1, -0.05) is 0 Å². The summed E-state index contributed by atoms with van der Waals surface area (Å²) in [5.74, 6) is -0.928. The summed E-state index contributed by atoms with van der Waals surface area (Å²) >= 11 is 0. The van der Waals surface area contributed by atoms with Crippen molar-refractivity contribution in [3.8, 4) is 23.1 Å². The number of hydrogen-bond acceptors (Lipinski definition) is 8. The molecule has 4 aromatic rings. The lowest BCUT2D eigenvalue weighted by Crippen LogP contribution is -2.39. The van der Waals surface area contributed by atoms with Crippen molar-refractivity contribution in [3.63, 3.8) is 0 Å². The molecule has 1 aromatic carbocycles. The number of carbonyl (C=O) groups excluding carboxylic acids is 1. The van der Waals surface area contributed by atoms with Crippen LogP contribution in [0.15, 0.2) is 61.3 Å². The molecule has 1 saturated heterocycles. The van der Waals surface area contributed by atoms with Crippen LogP contribution in [-0.4, -0.2) is 55.7 Å². The smallest absolute Gasteiger partial charge is 0.256 e. The van der Waals surface area contributed by atoms with Gasteiger partial charge in [-0.3, -0.25) is 14.5 Å². The molecule has 0 aliphatic carbocycles. The van der Waals surface area contributed by atoms with Crippen molar-refractivity contribution >= 4 is 17.5 Å². The van der Waals surface area contributed by atoms with Gasteiger partial charge in [0.2, 0.25) is 5.95 Å². The second-order valence-corrected chi connectivity index (χ2v) is 9.80. The molecule has 1 amide bonds. The first-order valence-corrected chi connectivity index (χ1v) is 13.2. The molecule has 210 valence electrons. The number of carbonyl (C=O) groups is 1. The number of methoxy groups -OCH3 is 1. The third-order valence-corrected chi connectivity index (χ3v) is 7.14. The standard InChI is InChI=1S/C29H28F2N8O2/c1-41-26-17-34-29(36-22-3-2-10-33-16-22)37-27(26)20-15-35-39(18-20)23(6-9-32)13-19-7-11-38(12-8-19)28(40)24-5-4-21(30)14-25(24)31/h2-5,10,14-19,23H,6-8,11-13H2,1H3,(H,34,36,37). The van der Waals surface area contributed by atoms with Crippen LogP contribution in [0, 0.1) is 28.9 Å². The van der Waals surface area contributed by atoms with Gasteiger partial charge >= 0.3 is 0 Å². The molecule has 0 spiro atoms. The number of nitrogens with zero attached hydrogens (tertiary/aromatic N) is 7. The first-order chi connectivity index (χ1) is 19.9. The molecule has 1 aliphatic heterocycles. The number of rotatable bonds is 9. The Morgan fingerprint density at radius 1 is 1.22 bits per heavy atom. The highest BCUT2D eigenvalue weighted by atomic mass is 19.1. The molecule has 12 heteroatoms. The van der Waals surface area contributed by atoms with E-state index in [1.807, 2.05) is 12.3 Å². The first kappa shape index (κ1) is 27.6. The van der Waals surface area contributed by atoms with E-state index in [2.05, 4.69) is 31.4 Å². The van der Waals surface area contributed by atoms with Gasteiger partial charge in [0.15, 0.2) is 5.75 Å². The van der Waals surface area contributed by atoms with E-state index in [0.29, 0.717) is 55.3 Å². The van der Waals surface area contributed by atoms with Gasteiger partial charge < -0.3 is 15.0 Å². The molecule has 0 bridgehead atoms. The summed E-state index contributed by atoms with van der Waals surface area (Å²) < 4.78 is 34.6. The Morgan fingerprint density at radius 3 is 2.76 bits per heavy atom. The van der Waals surface area contributed by atoms with Crippen LogP contribution in [0.3, 0.4) is 0 Å². The van der Waals surface area contributed by atoms with Crippen molar-refractivity contribution in [2.75, 3.05) is 25.5 Å². The molecule has 1 N–H and O–H groups in total. The third kappa shape index (κ3) is 6.46. The monoisotopic (exact) mass is 558 g/mol. The van der Waals surface area contributed by atoms with Gasteiger partial charge in [0, 0.05) is 37.1 Å². The van der Waals surface area contributed by atoms with Crippen LogP contribution < -0.4 is 10.1 Å². The number of hydrogen-bond donors (Lipinski definition) is 1. The van der Waals surface area contributed by atoms with Crippen LogP contribution in [0.5, 0.6) is 5.75 Å². The van der Waals surface area contributed by atoms with Crippen LogP contribution in [0.2, 0.25) is 0 Å². The number of nitriles is 1. The molecule has 41 heavy (non-hydrogen) atoms. The minimum atomic E-state index is -0.860. The predicted molar refractivity (Wildman–Crippen MR) is 146 cm³/mol. The first-order valence-electron chi connectivity index (χ1n) is 13.2. The predicted octanol–water partition coefficient (Wildman–Crippen LogP) is 5.16. The summed E-state index contributed by atoms with van der Waals surface area (Å²) in [7, 11) is 1.54. The molecule has 1 atom stereocenters. The van der Waals surface area contributed by atoms with Crippen molar-refractivity contribution in [2.24, 2.45) is 5.92 Å². The number of benzene rings is 1. The highest BCUT2D eigenvalue weighted by molar-refractivity contribution is 5.94. The Labute approximate surface area is 235 Å². The van der Waals surface area contributed by atoms with E-state index in [4.69, 9.17) is 4.74 Å². The van der Waals surface area contributed by atoms with Crippen molar-refractivity contribution in [3.05, 3.63) is 78.5 Å². The Balaban J connectivity index is 1.26. The van der Waals surface area contributed by atoms with E-state index in [1.54, 1.807) is 47.5 Å². The number of aromatic nitrogens is 5. The van der Waals surface area contributed by atoms with Crippen LogP contribution in [0.25, 0.3) is 11.3 Å². The van der Waals surface area contributed by atoms with Crippen molar-refractivity contribution in [1.82, 2.24) is 29.6 Å². The van der Waals surface area contributed by atoms with Gasteiger partial charge in [-0.05, 0) is 49.4 Å². The molecule has 1 aliphatic rings. The zero-order chi connectivity index (χ0) is 28.8. The van der Waals surface area contributed by atoms with Gasteiger partial charge in [-0.25, -0.2) is 18.7 Å². The molecule has 0 radical (unpaired) electrons.